The highest BCUT2D eigenvalue weighted by atomic mass is 16.3. The predicted octanol–water partition coefficient (Wildman–Crippen LogP) is 2.17. The fourth-order valence-electron chi connectivity index (χ4n) is 2.77. The van der Waals surface area contributed by atoms with Crippen molar-refractivity contribution in [3.63, 3.8) is 0 Å². The summed E-state index contributed by atoms with van der Waals surface area (Å²) in [5, 5.41) is 15.0. The van der Waals surface area contributed by atoms with Gasteiger partial charge in [0.25, 0.3) is 5.56 Å². The van der Waals surface area contributed by atoms with Gasteiger partial charge in [-0.2, -0.15) is 5.10 Å². The maximum atomic E-state index is 12.5. The minimum absolute atomic E-state index is 0.140. The third kappa shape index (κ3) is 3.38. The molecule has 3 aromatic rings. The molecule has 0 spiro atoms. The fraction of sp³-hybridized carbons (Fsp3) is 0.389. The van der Waals surface area contributed by atoms with E-state index in [0.29, 0.717) is 17.5 Å². The van der Waals surface area contributed by atoms with Crippen LogP contribution in [-0.2, 0) is 13.0 Å². The van der Waals surface area contributed by atoms with E-state index in [1.54, 1.807) is 10.9 Å². The van der Waals surface area contributed by atoms with Gasteiger partial charge in [0.05, 0.1) is 18.8 Å². The predicted molar refractivity (Wildman–Crippen MR) is 92.9 cm³/mol. The number of hydrogen-bond donors (Lipinski definition) is 1. The first-order valence-electron chi connectivity index (χ1n) is 8.21. The third-order valence-corrected chi connectivity index (χ3v) is 4.09. The Morgan fingerprint density at radius 3 is 2.67 bits per heavy atom. The van der Waals surface area contributed by atoms with Gasteiger partial charge in [-0.1, -0.05) is 30.3 Å². The highest BCUT2D eigenvalue weighted by Crippen LogP contribution is 2.12. The number of rotatable bonds is 6. The maximum Gasteiger partial charge on any atom is 0.264 e. The van der Waals surface area contributed by atoms with Crippen molar-refractivity contribution in [1.82, 2.24) is 19.3 Å². The van der Waals surface area contributed by atoms with Gasteiger partial charge in [0, 0.05) is 6.04 Å². The summed E-state index contributed by atoms with van der Waals surface area (Å²) in [6.07, 6.45) is 3.83. The van der Waals surface area contributed by atoms with Crippen molar-refractivity contribution in [3.05, 3.63) is 58.8 Å². The smallest absolute Gasteiger partial charge is 0.264 e. The fourth-order valence-corrected chi connectivity index (χ4v) is 2.77. The number of nitrogens with zero attached hydrogens (tertiary/aromatic N) is 4. The number of aliphatic hydroxyl groups is 1. The highest BCUT2D eigenvalue weighted by molar-refractivity contribution is 5.72. The Morgan fingerprint density at radius 2 is 1.96 bits per heavy atom. The summed E-state index contributed by atoms with van der Waals surface area (Å²) in [4.78, 5) is 16.9. The molecule has 3 rings (SSSR count). The standard InChI is InChI=1S/C18H22N4O2/c1-13(2)22-17-16(10-20-22)18(24)21(12-19-17)11-15(23)9-8-14-6-4-3-5-7-14/h3-7,10,12-13,15,23H,8-9,11H2,1-2H3/t15-/m0/s1. The summed E-state index contributed by atoms with van der Waals surface area (Å²) < 4.78 is 3.19. The summed E-state index contributed by atoms with van der Waals surface area (Å²) in [7, 11) is 0. The number of hydrogen-bond acceptors (Lipinski definition) is 4. The molecule has 0 bridgehead atoms. The normalized spacial score (nSPS) is 12.8. The van der Waals surface area contributed by atoms with Crippen molar-refractivity contribution < 1.29 is 5.11 Å². The Labute approximate surface area is 140 Å². The highest BCUT2D eigenvalue weighted by Gasteiger charge is 2.14. The minimum atomic E-state index is -0.595. The molecule has 0 radical (unpaired) electrons. The Bertz CT molecular complexity index is 868. The molecule has 0 unspecified atom stereocenters. The van der Waals surface area contributed by atoms with Crippen molar-refractivity contribution in [3.8, 4) is 0 Å². The van der Waals surface area contributed by atoms with Crippen molar-refractivity contribution in [2.24, 2.45) is 0 Å². The van der Waals surface area contributed by atoms with Crippen LogP contribution >= 0.6 is 0 Å². The molecule has 1 N–H and O–H groups in total. The molecule has 0 aliphatic rings. The van der Waals surface area contributed by atoms with Gasteiger partial charge >= 0.3 is 0 Å². The summed E-state index contributed by atoms with van der Waals surface area (Å²) in [6.45, 7) is 4.22. The van der Waals surface area contributed by atoms with Crippen LogP contribution in [-0.4, -0.2) is 30.5 Å². The largest absolute Gasteiger partial charge is 0.391 e. The van der Waals surface area contributed by atoms with Crippen molar-refractivity contribution in [2.75, 3.05) is 0 Å². The number of aliphatic hydroxyl groups excluding tert-OH is 1. The molecule has 0 fully saturated rings. The van der Waals surface area contributed by atoms with Crippen LogP contribution in [0, 0.1) is 0 Å². The summed E-state index contributed by atoms with van der Waals surface area (Å²) in [5.74, 6) is 0. The van der Waals surface area contributed by atoms with Crippen LogP contribution in [0.5, 0.6) is 0 Å². The van der Waals surface area contributed by atoms with E-state index in [0.717, 1.165) is 6.42 Å². The van der Waals surface area contributed by atoms with Crippen molar-refractivity contribution >= 4 is 11.0 Å². The molecular formula is C18H22N4O2. The molecule has 0 aliphatic heterocycles. The average Bonchev–Trinajstić information content (AvgIpc) is 3.01. The van der Waals surface area contributed by atoms with E-state index in [1.807, 2.05) is 44.2 Å². The van der Waals surface area contributed by atoms with Crippen LogP contribution in [0.1, 0.15) is 31.9 Å². The lowest BCUT2D eigenvalue weighted by Crippen LogP contribution is -2.27. The molecular weight excluding hydrogens is 304 g/mol. The zero-order valence-electron chi connectivity index (χ0n) is 14.0. The average molecular weight is 326 g/mol. The molecule has 1 atom stereocenters. The molecule has 1 aromatic carbocycles. The van der Waals surface area contributed by atoms with Gasteiger partial charge in [-0.25, -0.2) is 9.67 Å². The zero-order valence-corrected chi connectivity index (χ0v) is 14.0. The summed E-state index contributed by atoms with van der Waals surface area (Å²) in [6, 6.07) is 10.1. The lowest BCUT2D eigenvalue weighted by atomic mass is 10.1. The molecule has 0 saturated heterocycles. The van der Waals surface area contributed by atoms with E-state index in [9.17, 15) is 9.90 Å². The van der Waals surface area contributed by atoms with Crippen LogP contribution in [0.3, 0.4) is 0 Å². The van der Waals surface area contributed by atoms with Crippen LogP contribution in [0.2, 0.25) is 0 Å². The van der Waals surface area contributed by atoms with E-state index in [4.69, 9.17) is 0 Å². The van der Waals surface area contributed by atoms with Gasteiger partial charge < -0.3 is 5.11 Å². The first kappa shape index (κ1) is 16.4. The first-order valence-corrected chi connectivity index (χ1v) is 8.21. The number of aromatic nitrogens is 4. The van der Waals surface area contributed by atoms with Crippen molar-refractivity contribution in [2.45, 2.75) is 45.4 Å². The molecule has 6 nitrogen and oxygen atoms in total. The molecule has 2 aromatic heterocycles. The van der Waals surface area contributed by atoms with Gasteiger partial charge in [-0.3, -0.25) is 9.36 Å². The molecule has 126 valence electrons. The monoisotopic (exact) mass is 326 g/mol. The molecule has 24 heavy (non-hydrogen) atoms. The number of aryl methyl sites for hydroxylation is 1. The molecule has 0 saturated carbocycles. The SMILES string of the molecule is CC(C)n1ncc2c(=O)n(C[C@@H](O)CCc3ccccc3)cnc21. The van der Waals surface area contributed by atoms with Crippen LogP contribution in [0.15, 0.2) is 47.7 Å². The third-order valence-electron chi connectivity index (χ3n) is 4.09. The van der Waals surface area contributed by atoms with Crippen molar-refractivity contribution in [1.29, 1.82) is 0 Å². The van der Waals surface area contributed by atoms with Crippen LogP contribution < -0.4 is 5.56 Å². The van der Waals surface area contributed by atoms with E-state index in [1.165, 1.54) is 16.5 Å². The van der Waals surface area contributed by atoms with E-state index < -0.39 is 6.10 Å². The van der Waals surface area contributed by atoms with E-state index >= 15 is 0 Å². The molecule has 2 heterocycles. The number of fused-ring (bicyclic) bond motifs is 1. The second kappa shape index (κ2) is 6.97. The van der Waals surface area contributed by atoms with Crippen LogP contribution in [0.25, 0.3) is 11.0 Å². The summed E-state index contributed by atoms with van der Waals surface area (Å²) in [5.41, 5.74) is 1.60. The Balaban J connectivity index is 1.73. The lowest BCUT2D eigenvalue weighted by Gasteiger charge is -2.13. The summed E-state index contributed by atoms with van der Waals surface area (Å²) >= 11 is 0. The second-order valence-electron chi connectivity index (χ2n) is 6.30. The Kier molecular flexibility index (Phi) is 4.76. The van der Waals surface area contributed by atoms with Gasteiger partial charge in [0.1, 0.15) is 11.7 Å². The van der Waals surface area contributed by atoms with Gasteiger partial charge in [0.2, 0.25) is 0 Å². The Morgan fingerprint density at radius 1 is 1.21 bits per heavy atom. The molecule has 0 aliphatic carbocycles. The minimum Gasteiger partial charge on any atom is -0.391 e. The van der Waals surface area contributed by atoms with Gasteiger partial charge in [-0.05, 0) is 32.3 Å². The van der Waals surface area contributed by atoms with Gasteiger partial charge in [0.15, 0.2) is 5.65 Å². The van der Waals surface area contributed by atoms with Crippen LogP contribution in [0.4, 0.5) is 0 Å². The van der Waals surface area contributed by atoms with E-state index in [-0.39, 0.29) is 18.1 Å². The molecule has 6 heteroatoms. The lowest BCUT2D eigenvalue weighted by molar-refractivity contribution is 0.143. The Hall–Kier alpha value is -2.47. The first-order chi connectivity index (χ1) is 11.6. The van der Waals surface area contributed by atoms with Gasteiger partial charge in [-0.15, -0.1) is 0 Å². The van der Waals surface area contributed by atoms with E-state index in [2.05, 4.69) is 10.1 Å². The topological polar surface area (TPSA) is 72.9 Å². The zero-order chi connectivity index (χ0) is 17.1. The quantitative estimate of drug-likeness (QED) is 0.753. The maximum absolute atomic E-state index is 12.5. The number of benzene rings is 1. The second-order valence-corrected chi connectivity index (χ2v) is 6.30. The molecule has 0 amide bonds.